The third-order valence-electron chi connectivity index (χ3n) is 7.34. The monoisotopic (exact) mass is 641 g/mol. The van der Waals surface area contributed by atoms with Crippen LogP contribution in [0.1, 0.15) is 51.9 Å². The zero-order chi connectivity index (χ0) is 31.9. The van der Waals surface area contributed by atoms with E-state index in [4.69, 9.17) is 9.32 Å². The van der Waals surface area contributed by atoms with Crippen molar-refractivity contribution in [1.82, 2.24) is 14.5 Å². The van der Waals surface area contributed by atoms with E-state index in [9.17, 15) is 39.6 Å². The third-order valence-corrected chi connectivity index (χ3v) is 7.81. The zero-order valence-corrected chi connectivity index (χ0v) is 23.5. The van der Waals surface area contributed by atoms with E-state index >= 15 is 0 Å². The number of aromatic nitrogens is 3. The minimum Gasteiger partial charge on any atom is -0.367 e. The summed E-state index contributed by atoms with van der Waals surface area (Å²) in [6.07, 6.45) is -4.28. The van der Waals surface area contributed by atoms with Gasteiger partial charge < -0.3 is 9.88 Å². The molecule has 4 aromatic rings. The Balaban J connectivity index is 1.44. The van der Waals surface area contributed by atoms with Crippen molar-refractivity contribution in [1.29, 1.82) is 0 Å². The van der Waals surface area contributed by atoms with E-state index < -0.39 is 39.6 Å². The lowest BCUT2D eigenvalue weighted by molar-refractivity contribution is -0.143. The highest BCUT2D eigenvalue weighted by Crippen LogP contribution is 2.37. The van der Waals surface area contributed by atoms with Gasteiger partial charge >= 0.3 is 22.7 Å². The van der Waals surface area contributed by atoms with Crippen molar-refractivity contribution in [3.05, 3.63) is 89.0 Å². The Labute approximate surface area is 247 Å². The minimum atomic E-state index is -5.00. The molecule has 16 heteroatoms. The summed E-state index contributed by atoms with van der Waals surface area (Å²) in [6.45, 7) is -0.455. The predicted octanol–water partition coefficient (Wildman–Crippen LogP) is 5.55. The smallest absolute Gasteiger partial charge is 0.367 e. The van der Waals surface area contributed by atoms with Crippen molar-refractivity contribution in [3.8, 4) is 0 Å². The summed E-state index contributed by atoms with van der Waals surface area (Å²) in [5, 5.41) is 8.52. The van der Waals surface area contributed by atoms with Crippen molar-refractivity contribution < 1.29 is 43.7 Å². The van der Waals surface area contributed by atoms with Crippen molar-refractivity contribution in [3.63, 3.8) is 0 Å². The van der Waals surface area contributed by atoms with Crippen LogP contribution in [-0.2, 0) is 33.4 Å². The number of para-hydroxylation sites is 1. The van der Waals surface area contributed by atoms with Crippen LogP contribution in [0.2, 0.25) is 0 Å². The summed E-state index contributed by atoms with van der Waals surface area (Å²) in [5.74, 6) is -0.402. The van der Waals surface area contributed by atoms with Gasteiger partial charge in [0.05, 0.1) is 23.3 Å². The van der Waals surface area contributed by atoms with Gasteiger partial charge in [-0.1, -0.05) is 18.2 Å². The first-order valence-electron chi connectivity index (χ1n) is 13.2. The molecule has 2 heterocycles. The molecule has 2 aromatic carbocycles. The standard InChI is InChI=1S/C28H25F6N5O4S/c29-27(30,31)18-7-17(8-19(10-18)28(32,33)34)12-39-13-23(21-3-1-2-4-24(21)39)25(40)22-11-36-15-37-26(22)38-20-6-5-16(9-20)14-43-44(35,41)42/h1-4,7-8,10-11,13,15-16,20H,5-6,9,12,14H2,(H2,35,41,42)(H,36,37,38)/t16-,20+/m1/s1. The second-order valence-corrected chi connectivity index (χ2v) is 11.7. The van der Waals surface area contributed by atoms with Gasteiger partial charge in [-0.25, -0.2) is 15.1 Å². The number of carbonyl (C=O) groups excluding carboxylic acids is 1. The molecule has 1 aliphatic carbocycles. The molecule has 44 heavy (non-hydrogen) atoms. The van der Waals surface area contributed by atoms with Gasteiger partial charge in [-0.05, 0) is 55.0 Å². The topological polar surface area (TPSA) is 129 Å². The quantitative estimate of drug-likeness (QED) is 0.181. The third kappa shape index (κ3) is 7.19. The first-order chi connectivity index (χ1) is 20.6. The number of anilines is 1. The average Bonchev–Trinajstić information content (AvgIpc) is 3.55. The van der Waals surface area contributed by atoms with Gasteiger partial charge in [0.15, 0.2) is 5.78 Å². The molecule has 2 aromatic heterocycles. The first kappa shape index (κ1) is 31.4. The van der Waals surface area contributed by atoms with Gasteiger partial charge in [0.25, 0.3) is 0 Å². The summed E-state index contributed by atoms with van der Waals surface area (Å²) in [5.41, 5.74) is -2.46. The highest BCUT2D eigenvalue weighted by molar-refractivity contribution is 7.84. The number of halogens is 6. The van der Waals surface area contributed by atoms with Crippen molar-refractivity contribution in [2.24, 2.45) is 11.1 Å². The van der Waals surface area contributed by atoms with Gasteiger partial charge in [0, 0.05) is 41.4 Å². The van der Waals surface area contributed by atoms with Crippen LogP contribution in [0.4, 0.5) is 32.2 Å². The molecule has 3 N–H and O–H groups in total. The number of hydrogen-bond donors (Lipinski definition) is 2. The van der Waals surface area contributed by atoms with E-state index in [1.807, 2.05) is 0 Å². The Morgan fingerprint density at radius 1 is 1.02 bits per heavy atom. The lowest BCUT2D eigenvalue weighted by Crippen LogP contribution is -2.22. The van der Waals surface area contributed by atoms with Gasteiger partial charge in [0.1, 0.15) is 12.1 Å². The minimum absolute atomic E-state index is 0.0653. The van der Waals surface area contributed by atoms with Gasteiger partial charge in [-0.15, -0.1) is 0 Å². The molecule has 234 valence electrons. The lowest BCUT2D eigenvalue weighted by atomic mass is 10.0. The number of nitrogens with zero attached hydrogens (tertiary/aromatic N) is 3. The van der Waals surface area contributed by atoms with Crippen LogP contribution in [-0.4, -0.2) is 41.4 Å². The number of alkyl halides is 6. The van der Waals surface area contributed by atoms with E-state index in [1.54, 1.807) is 24.3 Å². The second-order valence-electron chi connectivity index (χ2n) is 10.5. The fraction of sp³-hybridized carbons (Fsp3) is 0.321. The molecule has 0 amide bonds. The molecule has 1 fully saturated rings. The first-order valence-corrected chi connectivity index (χ1v) is 14.7. The number of benzene rings is 2. The molecule has 2 atom stereocenters. The number of hydrogen-bond acceptors (Lipinski definition) is 7. The summed E-state index contributed by atoms with van der Waals surface area (Å²) >= 11 is 0. The molecule has 0 aliphatic heterocycles. The largest absolute Gasteiger partial charge is 0.416 e. The van der Waals surface area contributed by atoms with Gasteiger partial charge in [-0.3, -0.25) is 8.98 Å². The van der Waals surface area contributed by atoms with Crippen LogP contribution in [0.5, 0.6) is 0 Å². The Morgan fingerprint density at radius 3 is 2.36 bits per heavy atom. The molecular formula is C28H25F6N5O4S. The van der Waals surface area contributed by atoms with Crippen LogP contribution < -0.4 is 10.5 Å². The fourth-order valence-corrected chi connectivity index (χ4v) is 5.75. The highest BCUT2D eigenvalue weighted by Gasteiger charge is 2.37. The van der Waals surface area contributed by atoms with E-state index in [-0.39, 0.29) is 53.7 Å². The molecule has 0 spiro atoms. The summed E-state index contributed by atoms with van der Waals surface area (Å²) in [7, 11) is -4.08. The molecule has 0 unspecified atom stereocenters. The van der Waals surface area contributed by atoms with E-state index in [0.717, 1.165) is 0 Å². The average molecular weight is 642 g/mol. The maximum atomic E-state index is 13.8. The predicted molar refractivity (Wildman–Crippen MR) is 147 cm³/mol. The number of ketones is 1. The summed E-state index contributed by atoms with van der Waals surface area (Å²) in [4.78, 5) is 22.0. The molecule has 0 saturated heterocycles. The second kappa shape index (κ2) is 11.8. The fourth-order valence-electron chi connectivity index (χ4n) is 5.36. The zero-order valence-electron chi connectivity index (χ0n) is 22.7. The maximum absolute atomic E-state index is 13.8. The Hall–Kier alpha value is -4.02. The molecule has 0 radical (unpaired) electrons. The Kier molecular flexibility index (Phi) is 8.43. The van der Waals surface area contributed by atoms with Crippen molar-refractivity contribution in [2.45, 2.75) is 44.2 Å². The maximum Gasteiger partial charge on any atom is 0.416 e. The van der Waals surface area contributed by atoms with Crippen LogP contribution >= 0.6 is 0 Å². The number of nitrogens with one attached hydrogen (secondary N) is 1. The summed E-state index contributed by atoms with van der Waals surface area (Å²) < 4.78 is 109. The van der Waals surface area contributed by atoms with Crippen LogP contribution in [0.3, 0.4) is 0 Å². The summed E-state index contributed by atoms with van der Waals surface area (Å²) in [6, 6.07) is 7.71. The number of rotatable bonds is 9. The number of fused-ring (bicyclic) bond motifs is 1. The normalized spacial score (nSPS) is 17.7. The molecule has 5 rings (SSSR count). The van der Waals surface area contributed by atoms with Crippen molar-refractivity contribution >= 4 is 32.8 Å². The van der Waals surface area contributed by atoms with E-state index in [0.29, 0.717) is 42.3 Å². The Bertz CT molecular complexity index is 1770. The molecule has 0 bridgehead atoms. The highest BCUT2D eigenvalue weighted by atomic mass is 32.2. The van der Waals surface area contributed by atoms with Crippen LogP contribution in [0.15, 0.2) is 61.2 Å². The Morgan fingerprint density at radius 2 is 1.70 bits per heavy atom. The number of nitrogens with two attached hydrogens (primary N) is 1. The molecule has 1 aliphatic rings. The van der Waals surface area contributed by atoms with Gasteiger partial charge in [0.2, 0.25) is 0 Å². The number of carbonyl (C=O) groups is 1. The van der Waals surface area contributed by atoms with Gasteiger partial charge in [-0.2, -0.15) is 34.8 Å². The van der Waals surface area contributed by atoms with Crippen molar-refractivity contribution in [2.75, 3.05) is 11.9 Å². The lowest BCUT2D eigenvalue weighted by Gasteiger charge is -2.16. The van der Waals surface area contributed by atoms with Crippen LogP contribution in [0, 0.1) is 5.92 Å². The van der Waals surface area contributed by atoms with E-state index in [1.165, 1.54) is 23.3 Å². The van der Waals surface area contributed by atoms with Crippen LogP contribution in [0.25, 0.3) is 10.9 Å². The van der Waals surface area contributed by atoms with E-state index in [2.05, 4.69) is 15.3 Å². The SMILES string of the molecule is NS(=O)(=O)OC[C@@H]1CC[C@H](Nc2ncncc2C(=O)c2cn(Cc3cc(C(F)(F)F)cc(C(F)(F)F)c3)c3ccccc23)C1. The molecule has 1 saturated carbocycles. The molecular weight excluding hydrogens is 616 g/mol. The molecule has 9 nitrogen and oxygen atoms in total.